The van der Waals surface area contributed by atoms with Gasteiger partial charge in [0.1, 0.15) is 5.54 Å². The lowest BCUT2D eigenvalue weighted by molar-refractivity contribution is -0.0630. The van der Waals surface area contributed by atoms with Crippen LogP contribution in [-0.2, 0) is 4.74 Å². The monoisotopic (exact) mass is 264 g/mol. The highest BCUT2D eigenvalue weighted by Gasteiger charge is 2.37. The van der Waals surface area contributed by atoms with Crippen LogP contribution in [0.5, 0.6) is 0 Å². The predicted molar refractivity (Wildman–Crippen MR) is 76.8 cm³/mol. The minimum atomic E-state index is -0.335. The Labute approximate surface area is 117 Å². The lowest BCUT2D eigenvalue weighted by Crippen LogP contribution is -2.49. The van der Waals surface area contributed by atoms with Gasteiger partial charge in [-0.1, -0.05) is 26.7 Å². The van der Waals surface area contributed by atoms with Gasteiger partial charge in [-0.3, -0.25) is 5.32 Å². The molecule has 2 saturated carbocycles. The van der Waals surface area contributed by atoms with E-state index >= 15 is 0 Å². The molecule has 0 radical (unpaired) electrons. The Morgan fingerprint density at radius 3 is 2.74 bits per heavy atom. The lowest BCUT2D eigenvalue weighted by Gasteiger charge is -2.39. The summed E-state index contributed by atoms with van der Waals surface area (Å²) in [6.45, 7) is 5.27. The molecule has 3 heteroatoms. The molecule has 0 heterocycles. The molecule has 2 aliphatic carbocycles. The average molecular weight is 264 g/mol. The molecule has 0 aliphatic heterocycles. The summed E-state index contributed by atoms with van der Waals surface area (Å²) in [7, 11) is 0. The topological polar surface area (TPSA) is 45.0 Å². The molecule has 2 aliphatic rings. The minimum absolute atomic E-state index is 0.280. The molecule has 2 rings (SSSR count). The van der Waals surface area contributed by atoms with Gasteiger partial charge >= 0.3 is 0 Å². The maximum absolute atomic E-state index is 9.47. The van der Waals surface area contributed by atoms with Crippen LogP contribution in [0.2, 0.25) is 0 Å². The molecule has 0 saturated heterocycles. The summed E-state index contributed by atoms with van der Waals surface area (Å²) in [6.07, 6.45) is 9.85. The van der Waals surface area contributed by atoms with Crippen molar-refractivity contribution >= 4 is 0 Å². The number of nitrogens with zero attached hydrogens (tertiary/aromatic N) is 1. The van der Waals surface area contributed by atoms with Crippen LogP contribution in [0.4, 0.5) is 0 Å². The fourth-order valence-corrected chi connectivity index (χ4v) is 3.75. The summed E-state index contributed by atoms with van der Waals surface area (Å²) in [6, 6.07) is 2.50. The first-order valence-electron chi connectivity index (χ1n) is 7.99. The smallest absolute Gasteiger partial charge is 0.109 e. The molecule has 19 heavy (non-hydrogen) atoms. The van der Waals surface area contributed by atoms with E-state index in [0.29, 0.717) is 6.10 Å². The van der Waals surface area contributed by atoms with Gasteiger partial charge in [-0.05, 0) is 44.6 Å². The van der Waals surface area contributed by atoms with Crippen molar-refractivity contribution in [1.29, 1.82) is 5.26 Å². The normalized spacial score (nSPS) is 39.7. The van der Waals surface area contributed by atoms with E-state index in [1.54, 1.807) is 0 Å². The number of rotatable bonds is 4. The summed E-state index contributed by atoms with van der Waals surface area (Å²) in [5, 5.41) is 12.9. The highest BCUT2D eigenvalue weighted by Crippen LogP contribution is 2.33. The summed E-state index contributed by atoms with van der Waals surface area (Å²) in [5.74, 6) is 0.803. The standard InChI is InChI=1S/C16H28N2O/c1-3-18-16(12-17)9-5-8-15(11-16)19-14-7-4-6-13(2)10-14/h13-15,18H,3-11H2,1-2H3. The summed E-state index contributed by atoms with van der Waals surface area (Å²) in [4.78, 5) is 0. The molecule has 0 amide bonds. The van der Waals surface area contributed by atoms with E-state index in [-0.39, 0.29) is 11.6 Å². The maximum Gasteiger partial charge on any atom is 0.109 e. The number of ether oxygens (including phenoxy) is 1. The summed E-state index contributed by atoms with van der Waals surface area (Å²) < 4.78 is 6.31. The van der Waals surface area contributed by atoms with Crippen molar-refractivity contribution < 1.29 is 4.74 Å². The molecule has 0 aromatic carbocycles. The SMILES string of the molecule is CCNC1(C#N)CCCC(OC2CCCC(C)C2)C1. The average Bonchev–Trinajstić information content (AvgIpc) is 2.39. The second kappa shape index (κ2) is 6.72. The summed E-state index contributed by atoms with van der Waals surface area (Å²) >= 11 is 0. The highest BCUT2D eigenvalue weighted by atomic mass is 16.5. The molecular weight excluding hydrogens is 236 g/mol. The van der Waals surface area contributed by atoms with Crippen molar-refractivity contribution in [3.8, 4) is 6.07 Å². The van der Waals surface area contributed by atoms with Crippen molar-refractivity contribution in [2.24, 2.45) is 5.92 Å². The third-order valence-corrected chi connectivity index (χ3v) is 4.71. The van der Waals surface area contributed by atoms with Crippen LogP contribution in [0.3, 0.4) is 0 Å². The van der Waals surface area contributed by atoms with E-state index in [1.165, 1.54) is 25.7 Å². The van der Waals surface area contributed by atoms with Crippen LogP contribution in [0.25, 0.3) is 0 Å². The first kappa shape index (κ1) is 14.8. The van der Waals surface area contributed by atoms with Gasteiger partial charge in [-0.2, -0.15) is 5.26 Å². The van der Waals surface area contributed by atoms with Crippen LogP contribution in [-0.4, -0.2) is 24.3 Å². The Balaban J connectivity index is 1.88. The van der Waals surface area contributed by atoms with E-state index in [0.717, 1.165) is 38.1 Å². The molecule has 0 aromatic rings. The van der Waals surface area contributed by atoms with E-state index in [9.17, 15) is 5.26 Å². The Hall–Kier alpha value is -0.590. The molecule has 108 valence electrons. The van der Waals surface area contributed by atoms with Gasteiger partial charge in [0.05, 0.1) is 18.3 Å². The Morgan fingerprint density at radius 1 is 1.26 bits per heavy atom. The van der Waals surface area contributed by atoms with E-state index < -0.39 is 0 Å². The van der Waals surface area contributed by atoms with Crippen LogP contribution in [0, 0.1) is 17.2 Å². The largest absolute Gasteiger partial charge is 0.375 e. The molecule has 3 nitrogen and oxygen atoms in total. The van der Waals surface area contributed by atoms with Gasteiger partial charge in [0, 0.05) is 6.42 Å². The number of hydrogen-bond donors (Lipinski definition) is 1. The van der Waals surface area contributed by atoms with Crippen LogP contribution in [0.1, 0.15) is 65.2 Å². The molecule has 0 aromatic heterocycles. The fourth-order valence-electron chi connectivity index (χ4n) is 3.75. The van der Waals surface area contributed by atoms with Gasteiger partial charge in [-0.25, -0.2) is 0 Å². The van der Waals surface area contributed by atoms with Crippen molar-refractivity contribution in [3.05, 3.63) is 0 Å². The summed E-state index contributed by atoms with van der Waals surface area (Å²) in [5.41, 5.74) is -0.335. The van der Waals surface area contributed by atoms with Gasteiger partial charge < -0.3 is 4.74 Å². The third kappa shape index (κ3) is 3.94. The zero-order valence-electron chi connectivity index (χ0n) is 12.5. The quantitative estimate of drug-likeness (QED) is 0.846. The Bertz CT molecular complexity index is 321. The fraction of sp³-hybridized carbons (Fsp3) is 0.938. The zero-order chi connectivity index (χ0) is 13.7. The van der Waals surface area contributed by atoms with Crippen LogP contribution in [0.15, 0.2) is 0 Å². The van der Waals surface area contributed by atoms with Gasteiger partial charge in [0.25, 0.3) is 0 Å². The number of hydrogen-bond acceptors (Lipinski definition) is 3. The van der Waals surface area contributed by atoms with Crippen molar-refractivity contribution in [1.82, 2.24) is 5.32 Å². The van der Waals surface area contributed by atoms with Crippen molar-refractivity contribution in [3.63, 3.8) is 0 Å². The van der Waals surface area contributed by atoms with E-state index in [4.69, 9.17) is 4.74 Å². The predicted octanol–water partition coefficient (Wildman–Crippen LogP) is 3.40. The first-order valence-corrected chi connectivity index (χ1v) is 7.99. The zero-order valence-corrected chi connectivity index (χ0v) is 12.5. The molecule has 4 atom stereocenters. The molecule has 0 spiro atoms. The lowest BCUT2D eigenvalue weighted by atomic mass is 9.80. The first-order chi connectivity index (χ1) is 9.17. The van der Waals surface area contributed by atoms with Gasteiger partial charge in [0.2, 0.25) is 0 Å². The molecule has 0 bridgehead atoms. The minimum Gasteiger partial charge on any atom is -0.375 e. The molecular formula is C16H28N2O. The van der Waals surface area contributed by atoms with Gasteiger partial charge in [-0.15, -0.1) is 0 Å². The second-order valence-electron chi connectivity index (χ2n) is 6.47. The van der Waals surface area contributed by atoms with Crippen LogP contribution >= 0.6 is 0 Å². The van der Waals surface area contributed by atoms with Gasteiger partial charge in [0.15, 0.2) is 0 Å². The Morgan fingerprint density at radius 2 is 2.05 bits per heavy atom. The van der Waals surface area contributed by atoms with E-state index in [1.807, 2.05) is 0 Å². The Kier molecular flexibility index (Phi) is 5.24. The second-order valence-corrected chi connectivity index (χ2v) is 6.47. The van der Waals surface area contributed by atoms with Crippen molar-refractivity contribution in [2.45, 2.75) is 83.0 Å². The highest BCUT2D eigenvalue weighted by molar-refractivity contribution is 5.10. The van der Waals surface area contributed by atoms with Crippen LogP contribution < -0.4 is 5.32 Å². The number of nitriles is 1. The molecule has 2 fully saturated rings. The molecule has 4 unspecified atom stereocenters. The molecule has 1 N–H and O–H groups in total. The third-order valence-electron chi connectivity index (χ3n) is 4.71. The number of nitrogens with one attached hydrogen (secondary N) is 1. The van der Waals surface area contributed by atoms with Crippen molar-refractivity contribution in [2.75, 3.05) is 6.54 Å². The van der Waals surface area contributed by atoms with E-state index in [2.05, 4.69) is 25.2 Å². The maximum atomic E-state index is 9.47.